The van der Waals surface area contributed by atoms with Crippen LogP contribution < -0.4 is 15.2 Å². The summed E-state index contributed by atoms with van der Waals surface area (Å²) in [6, 6.07) is 19.2. The Hall–Kier alpha value is -3.84. The molecule has 0 aliphatic heterocycles. The SMILES string of the molecule is COc1ccc2nc(-c3ccc(C[C@@H](CCO)c4cc(OC(C)C)ccc4C(N)=O)cc3)[nH]c2c1. The van der Waals surface area contributed by atoms with Gasteiger partial charge >= 0.3 is 0 Å². The number of nitrogens with two attached hydrogens (primary N) is 1. The van der Waals surface area contributed by atoms with Crippen molar-refractivity contribution in [1.29, 1.82) is 0 Å². The van der Waals surface area contributed by atoms with E-state index in [1.165, 1.54) is 0 Å². The van der Waals surface area contributed by atoms with E-state index in [1.807, 2.05) is 62.4 Å². The molecule has 1 aromatic heterocycles. The lowest BCUT2D eigenvalue weighted by atomic mass is 9.86. The molecule has 0 aliphatic carbocycles. The first-order chi connectivity index (χ1) is 16.9. The number of amides is 1. The highest BCUT2D eigenvalue weighted by atomic mass is 16.5. The van der Waals surface area contributed by atoms with Crippen molar-refractivity contribution in [3.63, 3.8) is 0 Å². The summed E-state index contributed by atoms with van der Waals surface area (Å²) in [4.78, 5) is 20.2. The fourth-order valence-corrected chi connectivity index (χ4v) is 4.31. The summed E-state index contributed by atoms with van der Waals surface area (Å²) in [5.74, 6) is 1.65. The molecule has 7 heteroatoms. The van der Waals surface area contributed by atoms with E-state index < -0.39 is 5.91 Å². The van der Waals surface area contributed by atoms with Crippen LogP contribution in [-0.2, 0) is 6.42 Å². The molecule has 1 atom stereocenters. The average molecular weight is 474 g/mol. The van der Waals surface area contributed by atoms with E-state index >= 15 is 0 Å². The number of fused-ring (bicyclic) bond motifs is 1. The van der Waals surface area contributed by atoms with E-state index in [1.54, 1.807) is 19.2 Å². The van der Waals surface area contributed by atoms with Crippen molar-refractivity contribution in [2.24, 2.45) is 5.73 Å². The monoisotopic (exact) mass is 473 g/mol. The molecular formula is C28H31N3O4. The third-order valence-corrected chi connectivity index (χ3v) is 5.98. The molecule has 182 valence electrons. The topological polar surface area (TPSA) is 110 Å². The van der Waals surface area contributed by atoms with Gasteiger partial charge in [-0.1, -0.05) is 24.3 Å². The Morgan fingerprint density at radius 2 is 1.80 bits per heavy atom. The number of aliphatic hydroxyl groups excluding tert-OH is 1. The van der Waals surface area contributed by atoms with Crippen LogP contribution in [0.3, 0.4) is 0 Å². The second-order valence-electron chi connectivity index (χ2n) is 8.86. The van der Waals surface area contributed by atoms with Crippen LogP contribution in [-0.4, -0.2) is 40.8 Å². The van der Waals surface area contributed by atoms with Gasteiger partial charge < -0.3 is 25.3 Å². The zero-order valence-corrected chi connectivity index (χ0v) is 20.2. The number of carbonyl (C=O) groups is 1. The van der Waals surface area contributed by atoms with Gasteiger partial charge in [0.25, 0.3) is 0 Å². The smallest absolute Gasteiger partial charge is 0.248 e. The molecule has 0 aliphatic rings. The number of aliphatic hydroxyl groups is 1. The molecule has 3 aromatic carbocycles. The van der Waals surface area contributed by atoms with Crippen molar-refractivity contribution >= 4 is 16.9 Å². The highest BCUT2D eigenvalue weighted by Crippen LogP contribution is 2.32. The minimum Gasteiger partial charge on any atom is -0.497 e. The highest BCUT2D eigenvalue weighted by molar-refractivity contribution is 5.94. The van der Waals surface area contributed by atoms with E-state index in [0.29, 0.717) is 24.2 Å². The van der Waals surface area contributed by atoms with Gasteiger partial charge in [0.15, 0.2) is 0 Å². The number of imidazole rings is 1. The minimum atomic E-state index is -0.490. The second kappa shape index (κ2) is 10.6. The van der Waals surface area contributed by atoms with E-state index in [4.69, 9.17) is 15.2 Å². The molecule has 1 heterocycles. The molecule has 4 rings (SSSR count). The predicted molar refractivity (Wildman–Crippen MR) is 137 cm³/mol. The number of H-pyrrole nitrogens is 1. The third kappa shape index (κ3) is 5.63. The molecular weight excluding hydrogens is 442 g/mol. The van der Waals surface area contributed by atoms with Gasteiger partial charge in [-0.05, 0) is 74.1 Å². The lowest BCUT2D eigenvalue weighted by molar-refractivity contribution is 0.0998. The summed E-state index contributed by atoms with van der Waals surface area (Å²) in [5.41, 5.74) is 10.7. The van der Waals surface area contributed by atoms with E-state index in [-0.39, 0.29) is 18.6 Å². The fraction of sp³-hybridized carbons (Fsp3) is 0.286. The van der Waals surface area contributed by atoms with Gasteiger partial charge in [-0.2, -0.15) is 0 Å². The number of carbonyl (C=O) groups excluding carboxylic acids is 1. The number of aromatic amines is 1. The highest BCUT2D eigenvalue weighted by Gasteiger charge is 2.20. The Morgan fingerprint density at radius 3 is 2.46 bits per heavy atom. The number of aromatic nitrogens is 2. The van der Waals surface area contributed by atoms with Crippen LogP contribution >= 0.6 is 0 Å². The molecule has 4 N–H and O–H groups in total. The summed E-state index contributed by atoms with van der Waals surface area (Å²) in [6.45, 7) is 3.90. The molecule has 0 fully saturated rings. The van der Waals surface area contributed by atoms with Crippen LogP contribution in [0, 0.1) is 0 Å². The molecule has 0 bridgehead atoms. The lowest BCUT2D eigenvalue weighted by Gasteiger charge is -2.21. The molecule has 0 radical (unpaired) electrons. The Balaban J connectivity index is 1.60. The van der Waals surface area contributed by atoms with Gasteiger partial charge in [-0.15, -0.1) is 0 Å². The molecule has 1 amide bonds. The van der Waals surface area contributed by atoms with Crippen molar-refractivity contribution in [3.05, 3.63) is 77.4 Å². The van der Waals surface area contributed by atoms with Crippen LogP contribution in [0.25, 0.3) is 22.4 Å². The van der Waals surface area contributed by atoms with Crippen LogP contribution in [0.2, 0.25) is 0 Å². The van der Waals surface area contributed by atoms with Crippen molar-refractivity contribution < 1.29 is 19.4 Å². The lowest BCUT2D eigenvalue weighted by Crippen LogP contribution is -2.18. The number of hydrogen-bond donors (Lipinski definition) is 3. The number of primary amides is 1. The standard InChI is InChI=1S/C28H31N3O4/c1-17(2)35-22-8-10-23(27(29)33)24(15-22)20(12-13-32)14-18-4-6-19(7-5-18)28-30-25-11-9-21(34-3)16-26(25)31-28/h4-11,15-17,20,32H,12-14H2,1-3H3,(H2,29,33)(H,30,31)/t20-/m1/s1. The summed E-state index contributed by atoms with van der Waals surface area (Å²) in [5, 5.41) is 9.75. The van der Waals surface area contributed by atoms with Gasteiger partial charge in [0.2, 0.25) is 5.91 Å². The molecule has 4 aromatic rings. The van der Waals surface area contributed by atoms with Crippen molar-refractivity contribution in [3.8, 4) is 22.9 Å². The first kappa shape index (κ1) is 24.3. The van der Waals surface area contributed by atoms with Gasteiger partial charge in [0, 0.05) is 23.8 Å². The fourth-order valence-electron chi connectivity index (χ4n) is 4.31. The number of nitrogens with one attached hydrogen (secondary N) is 1. The number of benzene rings is 3. The largest absolute Gasteiger partial charge is 0.497 e. The summed E-state index contributed by atoms with van der Waals surface area (Å²) >= 11 is 0. The van der Waals surface area contributed by atoms with Crippen LogP contribution in [0.4, 0.5) is 0 Å². The number of nitrogens with zero attached hydrogens (tertiary/aromatic N) is 1. The molecule has 7 nitrogen and oxygen atoms in total. The van der Waals surface area contributed by atoms with Crippen LogP contribution in [0.15, 0.2) is 60.7 Å². The van der Waals surface area contributed by atoms with E-state index in [2.05, 4.69) is 9.97 Å². The number of hydrogen-bond acceptors (Lipinski definition) is 5. The minimum absolute atomic E-state index is 0.00132. The van der Waals surface area contributed by atoms with E-state index in [9.17, 15) is 9.90 Å². The van der Waals surface area contributed by atoms with Crippen molar-refractivity contribution in [2.45, 2.75) is 38.7 Å². The summed E-state index contributed by atoms with van der Waals surface area (Å²) in [7, 11) is 1.64. The Morgan fingerprint density at radius 1 is 1.06 bits per heavy atom. The van der Waals surface area contributed by atoms with Crippen LogP contribution in [0.1, 0.15) is 47.7 Å². The zero-order valence-electron chi connectivity index (χ0n) is 20.2. The second-order valence-corrected chi connectivity index (χ2v) is 8.86. The first-order valence-electron chi connectivity index (χ1n) is 11.7. The number of rotatable bonds is 10. The Labute approximate surface area is 204 Å². The van der Waals surface area contributed by atoms with Crippen molar-refractivity contribution in [2.75, 3.05) is 13.7 Å². The maximum absolute atomic E-state index is 12.1. The van der Waals surface area contributed by atoms with Gasteiger partial charge in [-0.25, -0.2) is 4.98 Å². The molecule has 0 unspecified atom stereocenters. The van der Waals surface area contributed by atoms with Crippen molar-refractivity contribution in [1.82, 2.24) is 9.97 Å². The Kier molecular flexibility index (Phi) is 7.36. The van der Waals surface area contributed by atoms with Crippen LogP contribution in [0.5, 0.6) is 11.5 Å². The summed E-state index contributed by atoms with van der Waals surface area (Å²) in [6.07, 6.45) is 1.15. The Bertz CT molecular complexity index is 1310. The quantitative estimate of drug-likeness (QED) is 0.305. The number of methoxy groups -OCH3 is 1. The maximum Gasteiger partial charge on any atom is 0.248 e. The van der Waals surface area contributed by atoms with Gasteiger partial charge in [0.05, 0.1) is 24.2 Å². The van der Waals surface area contributed by atoms with Gasteiger partial charge in [0.1, 0.15) is 17.3 Å². The predicted octanol–water partition coefficient (Wildman–Crippen LogP) is 4.83. The van der Waals surface area contributed by atoms with E-state index in [0.717, 1.165) is 39.3 Å². The molecule has 35 heavy (non-hydrogen) atoms. The molecule has 0 saturated carbocycles. The maximum atomic E-state index is 12.1. The third-order valence-electron chi connectivity index (χ3n) is 5.98. The zero-order chi connectivity index (χ0) is 24.9. The molecule has 0 spiro atoms. The number of ether oxygens (including phenoxy) is 2. The van der Waals surface area contributed by atoms with Gasteiger partial charge in [-0.3, -0.25) is 4.79 Å². The normalized spacial score (nSPS) is 12.1. The average Bonchev–Trinajstić information content (AvgIpc) is 3.27. The summed E-state index contributed by atoms with van der Waals surface area (Å²) < 4.78 is 11.1. The first-order valence-corrected chi connectivity index (χ1v) is 11.7. The molecule has 0 saturated heterocycles.